The highest BCUT2D eigenvalue weighted by Crippen LogP contribution is 2.30. The van der Waals surface area contributed by atoms with E-state index in [0.717, 1.165) is 9.92 Å². The Morgan fingerprint density at radius 1 is 1.26 bits per heavy atom. The molecule has 0 aliphatic heterocycles. The van der Waals surface area contributed by atoms with Crippen LogP contribution in [-0.4, -0.2) is 18.1 Å². The van der Waals surface area contributed by atoms with Gasteiger partial charge in [0.2, 0.25) is 0 Å². The number of carbonyl (C=O) groups excluding carboxylic acids is 1. The van der Waals surface area contributed by atoms with Gasteiger partial charge in [-0.3, -0.25) is 0 Å². The molecule has 0 saturated carbocycles. The van der Waals surface area contributed by atoms with Gasteiger partial charge in [0, 0.05) is 10.6 Å². The summed E-state index contributed by atoms with van der Waals surface area (Å²) < 4.78 is 4.69. The fourth-order valence-electron chi connectivity index (χ4n) is 1.61. The summed E-state index contributed by atoms with van der Waals surface area (Å²) in [6.45, 7) is 1.78. The Balaban J connectivity index is 2.26. The van der Waals surface area contributed by atoms with E-state index in [0.29, 0.717) is 16.9 Å². The highest BCUT2D eigenvalue weighted by Gasteiger charge is 2.11. The number of nitrogens with two attached hydrogens (primary N) is 1. The van der Waals surface area contributed by atoms with E-state index < -0.39 is 0 Å². The Kier molecular flexibility index (Phi) is 4.06. The van der Waals surface area contributed by atoms with Crippen molar-refractivity contribution in [2.75, 3.05) is 12.8 Å². The number of aromatic nitrogens is 1. The molecule has 2 rings (SSSR count). The summed E-state index contributed by atoms with van der Waals surface area (Å²) >= 11 is 1.47. The van der Waals surface area contributed by atoms with Crippen molar-refractivity contribution in [1.29, 1.82) is 0 Å². The molecule has 0 radical (unpaired) electrons. The lowest BCUT2D eigenvalue weighted by molar-refractivity contribution is 0.0599. The number of aryl methyl sites for hydroxylation is 1. The number of methoxy groups -OCH3 is 1. The molecule has 0 spiro atoms. The van der Waals surface area contributed by atoms with Crippen LogP contribution >= 0.6 is 11.8 Å². The number of anilines is 1. The quantitative estimate of drug-likeness (QED) is 0.688. The Bertz CT molecular complexity index is 614. The average molecular weight is 274 g/mol. The minimum absolute atomic E-state index is 0.374. The van der Waals surface area contributed by atoms with Gasteiger partial charge in [-0.25, -0.2) is 9.78 Å². The van der Waals surface area contributed by atoms with Crippen LogP contribution in [0.5, 0.6) is 0 Å². The van der Waals surface area contributed by atoms with Gasteiger partial charge in [-0.2, -0.15) is 0 Å². The number of pyridine rings is 1. The summed E-state index contributed by atoms with van der Waals surface area (Å²) in [5.74, 6) is -0.374. The maximum absolute atomic E-state index is 11.5. The summed E-state index contributed by atoms with van der Waals surface area (Å²) in [7, 11) is 1.36. The normalized spacial score (nSPS) is 10.2. The van der Waals surface area contributed by atoms with E-state index in [4.69, 9.17) is 5.73 Å². The number of hydrogen-bond acceptors (Lipinski definition) is 5. The number of rotatable bonds is 3. The van der Waals surface area contributed by atoms with Crippen molar-refractivity contribution < 1.29 is 9.53 Å². The van der Waals surface area contributed by atoms with Gasteiger partial charge in [-0.15, -0.1) is 0 Å². The van der Waals surface area contributed by atoms with Crippen molar-refractivity contribution in [1.82, 2.24) is 4.98 Å². The number of hydrogen-bond donors (Lipinski definition) is 1. The first kappa shape index (κ1) is 13.4. The van der Waals surface area contributed by atoms with Crippen LogP contribution in [0.1, 0.15) is 16.1 Å². The van der Waals surface area contributed by atoms with Crippen molar-refractivity contribution in [3.05, 3.63) is 47.7 Å². The van der Waals surface area contributed by atoms with Gasteiger partial charge in [0.15, 0.2) is 0 Å². The molecule has 5 heteroatoms. The minimum Gasteiger partial charge on any atom is -0.465 e. The van der Waals surface area contributed by atoms with Gasteiger partial charge in [0.25, 0.3) is 0 Å². The molecule has 0 aliphatic carbocycles. The van der Waals surface area contributed by atoms with Crippen molar-refractivity contribution >= 4 is 23.4 Å². The number of ether oxygens (including phenoxy) is 1. The van der Waals surface area contributed by atoms with Gasteiger partial charge < -0.3 is 10.5 Å². The summed E-state index contributed by atoms with van der Waals surface area (Å²) in [5, 5.41) is 0.794. The SMILES string of the molecule is COC(=O)c1ccc(Sc2ccccc2N)nc1C. The van der Waals surface area contributed by atoms with Gasteiger partial charge in [0.05, 0.1) is 18.4 Å². The van der Waals surface area contributed by atoms with Crippen LogP contribution in [0.15, 0.2) is 46.3 Å². The molecule has 19 heavy (non-hydrogen) atoms. The van der Waals surface area contributed by atoms with Crippen molar-refractivity contribution in [2.24, 2.45) is 0 Å². The van der Waals surface area contributed by atoms with Crippen molar-refractivity contribution in [3.8, 4) is 0 Å². The standard InChI is InChI=1S/C14H14N2O2S/c1-9-10(14(17)18-2)7-8-13(16-9)19-12-6-4-3-5-11(12)15/h3-8H,15H2,1-2H3. The summed E-state index contributed by atoms with van der Waals surface area (Å²) in [4.78, 5) is 16.8. The molecular weight excluding hydrogens is 260 g/mol. The highest BCUT2D eigenvalue weighted by molar-refractivity contribution is 7.99. The first-order valence-electron chi connectivity index (χ1n) is 5.70. The molecular formula is C14H14N2O2S. The monoisotopic (exact) mass is 274 g/mol. The fraction of sp³-hybridized carbons (Fsp3) is 0.143. The minimum atomic E-state index is -0.374. The van der Waals surface area contributed by atoms with Crippen LogP contribution in [0.2, 0.25) is 0 Å². The van der Waals surface area contributed by atoms with Crippen LogP contribution in [0.3, 0.4) is 0 Å². The number of para-hydroxylation sites is 1. The number of esters is 1. The zero-order valence-electron chi connectivity index (χ0n) is 10.7. The number of carbonyl (C=O) groups is 1. The van der Waals surface area contributed by atoms with E-state index >= 15 is 0 Å². The van der Waals surface area contributed by atoms with E-state index in [1.807, 2.05) is 24.3 Å². The van der Waals surface area contributed by atoms with Crippen LogP contribution < -0.4 is 5.73 Å². The maximum Gasteiger partial charge on any atom is 0.339 e. The lowest BCUT2D eigenvalue weighted by atomic mass is 10.2. The van der Waals surface area contributed by atoms with Gasteiger partial charge >= 0.3 is 5.97 Å². The molecule has 0 unspecified atom stereocenters. The Labute approximate surface area is 116 Å². The molecule has 0 bridgehead atoms. The van der Waals surface area contributed by atoms with Crippen LogP contribution in [-0.2, 0) is 4.74 Å². The fourth-order valence-corrected chi connectivity index (χ4v) is 2.48. The second kappa shape index (κ2) is 5.75. The molecule has 1 heterocycles. The van der Waals surface area contributed by atoms with E-state index in [1.165, 1.54) is 18.9 Å². The van der Waals surface area contributed by atoms with E-state index in [-0.39, 0.29) is 5.97 Å². The maximum atomic E-state index is 11.5. The average Bonchev–Trinajstić information content (AvgIpc) is 2.41. The smallest absolute Gasteiger partial charge is 0.339 e. The van der Waals surface area contributed by atoms with E-state index in [1.54, 1.807) is 19.1 Å². The molecule has 0 fully saturated rings. The summed E-state index contributed by atoms with van der Waals surface area (Å²) in [6, 6.07) is 11.1. The highest BCUT2D eigenvalue weighted by atomic mass is 32.2. The lowest BCUT2D eigenvalue weighted by Crippen LogP contribution is -2.05. The first-order chi connectivity index (χ1) is 9.11. The van der Waals surface area contributed by atoms with Crippen LogP contribution in [0, 0.1) is 6.92 Å². The van der Waals surface area contributed by atoms with Gasteiger partial charge in [-0.05, 0) is 31.2 Å². The zero-order valence-corrected chi connectivity index (χ0v) is 11.5. The van der Waals surface area contributed by atoms with Crippen molar-refractivity contribution in [3.63, 3.8) is 0 Å². The molecule has 2 aromatic rings. The molecule has 0 amide bonds. The van der Waals surface area contributed by atoms with Gasteiger partial charge in [-0.1, -0.05) is 23.9 Å². The molecule has 2 N–H and O–H groups in total. The molecule has 98 valence electrons. The third-order valence-electron chi connectivity index (χ3n) is 2.60. The number of nitrogen functional groups attached to an aromatic ring is 1. The predicted octanol–water partition coefficient (Wildman–Crippen LogP) is 2.91. The number of nitrogens with zero attached hydrogens (tertiary/aromatic N) is 1. The molecule has 0 aliphatic rings. The first-order valence-corrected chi connectivity index (χ1v) is 6.52. The largest absolute Gasteiger partial charge is 0.465 e. The second-order valence-corrected chi connectivity index (χ2v) is 4.98. The Hall–Kier alpha value is -2.01. The molecule has 1 aromatic carbocycles. The van der Waals surface area contributed by atoms with Gasteiger partial charge in [0.1, 0.15) is 5.03 Å². The van der Waals surface area contributed by atoms with Crippen LogP contribution in [0.25, 0.3) is 0 Å². The second-order valence-electron chi connectivity index (χ2n) is 3.91. The molecule has 4 nitrogen and oxygen atoms in total. The van der Waals surface area contributed by atoms with E-state index in [9.17, 15) is 4.79 Å². The topological polar surface area (TPSA) is 65.2 Å². The summed E-state index contributed by atoms with van der Waals surface area (Å²) in [5.41, 5.74) is 7.72. The number of benzene rings is 1. The van der Waals surface area contributed by atoms with Crippen LogP contribution in [0.4, 0.5) is 5.69 Å². The third kappa shape index (κ3) is 3.06. The molecule has 1 aromatic heterocycles. The third-order valence-corrected chi connectivity index (χ3v) is 3.63. The zero-order chi connectivity index (χ0) is 13.8. The summed E-state index contributed by atoms with van der Waals surface area (Å²) in [6.07, 6.45) is 0. The van der Waals surface area contributed by atoms with E-state index in [2.05, 4.69) is 9.72 Å². The lowest BCUT2D eigenvalue weighted by Gasteiger charge is -2.07. The van der Waals surface area contributed by atoms with Crippen molar-refractivity contribution in [2.45, 2.75) is 16.8 Å². The Morgan fingerprint density at radius 2 is 2.00 bits per heavy atom. The Morgan fingerprint density at radius 3 is 2.63 bits per heavy atom. The molecule has 0 atom stereocenters. The molecule has 0 saturated heterocycles. The predicted molar refractivity (Wildman–Crippen MR) is 75.3 cm³/mol.